The number of hydrogen-bond acceptors (Lipinski definition) is 5. The third-order valence-electron chi connectivity index (χ3n) is 5.73. The predicted molar refractivity (Wildman–Crippen MR) is 98.2 cm³/mol. The van der Waals surface area contributed by atoms with Crippen LogP contribution in [0.2, 0.25) is 0 Å². The molecule has 130 valence electrons. The third kappa shape index (κ3) is 2.43. The normalized spacial score (nSPS) is 27.5. The Hall–Kier alpha value is -2.94. The van der Waals surface area contributed by atoms with E-state index in [0.29, 0.717) is 13.1 Å². The van der Waals surface area contributed by atoms with Crippen molar-refractivity contribution in [2.24, 2.45) is 17.3 Å². The zero-order valence-electron chi connectivity index (χ0n) is 15.2. The molecule has 0 radical (unpaired) electrons. The summed E-state index contributed by atoms with van der Waals surface area (Å²) in [6.07, 6.45) is 2.01. The second-order valence-electron chi connectivity index (χ2n) is 7.38. The van der Waals surface area contributed by atoms with Gasteiger partial charge in [-0.3, -0.25) is 0 Å². The SMILES string of the molecule is Cc1ccc([C@@H]2[C@@H]3CN(C)CC=C3[C@@H](C#N)C(=N)C2(C#N)C#N)c(C)c1. The zero-order chi connectivity index (χ0) is 19.1. The van der Waals surface area contributed by atoms with Gasteiger partial charge in [-0.25, -0.2) is 0 Å². The lowest BCUT2D eigenvalue weighted by atomic mass is 9.54. The summed E-state index contributed by atoms with van der Waals surface area (Å²) in [5.74, 6) is -1.38. The number of likely N-dealkylation sites (N-methyl/N-ethyl adjacent to an activating group) is 1. The predicted octanol–water partition coefficient (Wildman–Crippen LogP) is 3.08. The molecule has 1 saturated carbocycles. The van der Waals surface area contributed by atoms with Crippen molar-refractivity contribution in [3.8, 4) is 18.2 Å². The second-order valence-corrected chi connectivity index (χ2v) is 7.38. The van der Waals surface area contributed by atoms with Crippen LogP contribution in [0.15, 0.2) is 29.8 Å². The summed E-state index contributed by atoms with van der Waals surface area (Å²) in [5, 5.41) is 38.3. The molecule has 3 rings (SSSR count). The van der Waals surface area contributed by atoms with E-state index in [-0.39, 0.29) is 11.6 Å². The Kier molecular flexibility index (Phi) is 4.41. The minimum atomic E-state index is -1.62. The van der Waals surface area contributed by atoms with Crippen LogP contribution >= 0.6 is 0 Å². The number of nitrogens with zero attached hydrogens (tertiary/aromatic N) is 4. The molecule has 1 aromatic rings. The minimum Gasteiger partial charge on any atom is -0.305 e. The minimum absolute atomic E-state index is 0.0815. The number of aryl methyl sites for hydroxylation is 2. The molecule has 26 heavy (non-hydrogen) atoms. The summed E-state index contributed by atoms with van der Waals surface area (Å²) < 4.78 is 0. The van der Waals surface area contributed by atoms with Crippen molar-refractivity contribution in [2.45, 2.75) is 19.8 Å². The fraction of sp³-hybridized carbons (Fsp3) is 0.429. The summed E-state index contributed by atoms with van der Waals surface area (Å²) in [6, 6.07) is 12.5. The van der Waals surface area contributed by atoms with Crippen molar-refractivity contribution >= 4 is 5.71 Å². The molecule has 5 nitrogen and oxygen atoms in total. The molecule has 0 spiro atoms. The van der Waals surface area contributed by atoms with Crippen molar-refractivity contribution in [1.29, 1.82) is 21.2 Å². The van der Waals surface area contributed by atoms with Crippen LogP contribution < -0.4 is 0 Å². The monoisotopic (exact) mass is 343 g/mol. The smallest absolute Gasteiger partial charge is 0.189 e. The van der Waals surface area contributed by atoms with Crippen molar-refractivity contribution < 1.29 is 0 Å². The molecular formula is C21H21N5. The number of nitriles is 3. The van der Waals surface area contributed by atoms with Gasteiger partial charge in [0.1, 0.15) is 5.92 Å². The van der Waals surface area contributed by atoms with Gasteiger partial charge >= 0.3 is 0 Å². The van der Waals surface area contributed by atoms with Crippen LogP contribution in [0.4, 0.5) is 0 Å². The summed E-state index contributed by atoms with van der Waals surface area (Å²) in [6.45, 7) is 5.37. The van der Waals surface area contributed by atoms with Gasteiger partial charge in [-0.1, -0.05) is 29.8 Å². The first-order valence-corrected chi connectivity index (χ1v) is 8.66. The maximum absolute atomic E-state index is 10.0. The molecule has 1 heterocycles. The van der Waals surface area contributed by atoms with Gasteiger partial charge < -0.3 is 10.3 Å². The highest BCUT2D eigenvalue weighted by Crippen LogP contribution is 2.53. The molecule has 0 saturated heterocycles. The lowest BCUT2D eigenvalue weighted by Gasteiger charge is -2.47. The molecule has 3 atom stereocenters. The molecule has 0 amide bonds. The van der Waals surface area contributed by atoms with Crippen LogP contribution in [0, 0.1) is 70.5 Å². The fourth-order valence-corrected chi connectivity index (χ4v) is 4.47. The first-order chi connectivity index (χ1) is 12.4. The highest BCUT2D eigenvalue weighted by molar-refractivity contribution is 6.00. The number of rotatable bonds is 1. The van der Waals surface area contributed by atoms with Gasteiger partial charge in [-0.05, 0) is 37.6 Å². The van der Waals surface area contributed by atoms with E-state index < -0.39 is 17.3 Å². The van der Waals surface area contributed by atoms with Gasteiger partial charge in [-0.15, -0.1) is 0 Å². The fourth-order valence-electron chi connectivity index (χ4n) is 4.47. The lowest BCUT2D eigenvalue weighted by Crippen LogP contribution is -2.52. The largest absolute Gasteiger partial charge is 0.305 e. The summed E-state index contributed by atoms with van der Waals surface area (Å²) in [7, 11) is 1.99. The van der Waals surface area contributed by atoms with Crippen molar-refractivity contribution in [1.82, 2.24) is 4.90 Å². The van der Waals surface area contributed by atoms with Crippen molar-refractivity contribution in [3.63, 3.8) is 0 Å². The van der Waals surface area contributed by atoms with E-state index in [1.807, 2.05) is 45.2 Å². The summed E-state index contributed by atoms with van der Waals surface area (Å²) in [5.41, 5.74) is 2.24. The van der Waals surface area contributed by atoms with Gasteiger partial charge in [0.2, 0.25) is 0 Å². The zero-order valence-corrected chi connectivity index (χ0v) is 15.2. The Morgan fingerprint density at radius 2 is 1.88 bits per heavy atom. The highest BCUT2D eigenvalue weighted by Gasteiger charge is 2.57. The standard InChI is InChI=1S/C21H21N5/c1-13-4-5-15(14(2)8-13)19-18-10-26(3)7-6-16(18)17(9-22)20(25)21(19,11-23)12-24/h4-6,8,17-19,25H,7,10H2,1-3H3/t17-,18-,19-/m1/s1. The summed E-state index contributed by atoms with van der Waals surface area (Å²) in [4.78, 5) is 2.13. The molecule has 2 aliphatic rings. The van der Waals surface area contributed by atoms with E-state index in [1.165, 1.54) is 0 Å². The van der Waals surface area contributed by atoms with Crippen LogP contribution in [0.5, 0.6) is 0 Å². The maximum Gasteiger partial charge on any atom is 0.189 e. The van der Waals surface area contributed by atoms with Crippen LogP contribution in [-0.2, 0) is 0 Å². The van der Waals surface area contributed by atoms with Crippen molar-refractivity contribution in [3.05, 3.63) is 46.5 Å². The molecule has 1 aliphatic heterocycles. The Bertz CT molecular complexity index is 907. The van der Waals surface area contributed by atoms with Crippen LogP contribution in [-0.4, -0.2) is 30.7 Å². The summed E-state index contributed by atoms with van der Waals surface area (Å²) >= 11 is 0. The Morgan fingerprint density at radius 3 is 2.46 bits per heavy atom. The molecule has 0 bridgehead atoms. The Balaban J connectivity index is 2.30. The van der Waals surface area contributed by atoms with Gasteiger partial charge in [0.05, 0.1) is 23.9 Å². The molecule has 1 aliphatic carbocycles. The van der Waals surface area contributed by atoms with E-state index in [9.17, 15) is 15.8 Å². The molecular weight excluding hydrogens is 322 g/mol. The van der Waals surface area contributed by atoms with Gasteiger partial charge in [-0.2, -0.15) is 15.8 Å². The molecule has 1 fully saturated rings. The maximum atomic E-state index is 10.0. The van der Waals surface area contributed by atoms with Gasteiger partial charge in [0.15, 0.2) is 5.41 Å². The van der Waals surface area contributed by atoms with E-state index in [4.69, 9.17) is 5.41 Å². The van der Waals surface area contributed by atoms with Gasteiger partial charge in [0, 0.05) is 24.9 Å². The Morgan fingerprint density at radius 1 is 1.19 bits per heavy atom. The number of fused-ring (bicyclic) bond motifs is 1. The van der Waals surface area contributed by atoms with E-state index in [0.717, 1.165) is 22.3 Å². The molecule has 5 heteroatoms. The van der Waals surface area contributed by atoms with Crippen LogP contribution in [0.1, 0.15) is 22.6 Å². The van der Waals surface area contributed by atoms with Crippen molar-refractivity contribution in [2.75, 3.05) is 20.1 Å². The quantitative estimate of drug-likeness (QED) is 0.792. The highest BCUT2D eigenvalue weighted by atomic mass is 15.1. The van der Waals surface area contributed by atoms with E-state index in [1.54, 1.807) is 0 Å². The second kappa shape index (κ2) is 6.41. The third-order valence-corrected chi connectivity index (χ3v) is 5.73. The van der Waals surface area contributed by atoms with Gasteiger partial charge in [0.25, 0.3) is 0 Å². The Labute approximate surface area is 154 Å². The van der Waals surface area contributed by atoms with Crippen LogP contribution in [0.3, 0.4) is 0 Å². The number of benzene rings is 1. The van der Waals surface area contributed by atoms with E-state index in [2.05, 4.69) is 23.1 Å². The first kappa shape index (κ1) is 17.9. The molecule has 0 unspecified atom stereocenters. The number of hydrogen-bond donors (Lipinski definition) is 1. The average molecular weight is 343 g/mol. The molecule has 0 aromatic heterocycles. The van der Waals surface area contributed by atoms with Crippen LogP contribution in [0.25, 0.3) is 0 Å². The topological polar surface area (TPSA) is 98.5 Å². The number of nitrogens with one attached hydrogen (secondary N) is 1. The molecule has 1 aromatic carbocycles. The lowest BCUT2D eigenvalue weighted by molar-refractivity contribution is 0.234. The molecule has 1 N–H and O–H groups in total. The first-order valence-electron chi connectivity index (χ1n) is 8.66. The average Bonchev–Trinajstić information content (AvgIpc) is 2.62. The van der Waals surface area contributed by atoms with E-state index >= 15 is 0 Å².